The molecule has 1 atom stereocenters. The van der Waals surface area contributed by atoms with Gasteiger partial charge < -0.3 is 24.6 Å². The molecular formula is C26H29N5O4. The molecule has 0 spiro atoms. The maximum absolute atomic E-state index is 13.2. The van der Waals surface area contributed by atoms with E-state index in [-0.39, 0.29) is 18.4 Å². The van der Waals surface area contributed by atoms with Gasteiger partial charge in [-0.3, -0.25) is 9.59 Å². The molecule has 0 saturated carbocycles. The largest absolute Gasteiger partial charge is 0.477 e. The molecule has 35 heavy (non-hydrogen) atoms. The molecule has 1 saturated heterocycles. The van der Waals surface area contributed by atoms with E-state index in [1.807, 2.05) is 78.0 Å². The minimum absolute atomic E-state index is 0.0796. The summed E-state index contributed by atoms with van der Waals surface area (Å²) in [5.41, 5.74) is 4.01. The van der Waals surface area contributed by atoms with E-state index < -0.39 is 6.10 Å². The summed E-state index contributed by atoms with van der Waals surface area (Å²) in [7, 11) is 0. The Balaban J connectivity index is 1.33. The van der Waals surface area contributed by atoms with Crippen molar-refractivity contribution in [2.75, 3.05) is 49.6 Å². The van der Waals surface area contributed by atoms with Crippen LogP contribution in [0.5, 0.6) is 5.75 Å². The number of fused-ring (bicyclic) bond motifs is 1. The first-order valence-corrected chi connectivity index (χ1v) is 11.8. The van der Waals surface area contributed by atoms with Crippen LogP contribution in [0.25, 0.3) is 5.69 Å². The second-order valence-electron chi connectivity index (χ2n) is 8.73. The molecular weight excluding hydrogens is 446 g/mol. The molecule has 9 nitrogen and oxygen atoms in total. The SMILES string of the molecule is Cc1nn(-c2ccccc2)c(C)c1NC(=O)CN1C[C@@H](C(=O)N2CCOCC2)Oc2ccccc21. The Hall–Kier alpha value is -3.85. The summed E-state index contributed by atoms with van der Waals surface area (Å²) in [6.07, 6.45) is -0.680. The lowest BCUT2D eigenvalue weighted by Gasteiger charge is -2.38. The molecule has 0 unspecified atom stereocenters. The number of nitrogens with zero attached hydrogens (tertiary/aromatic N) is 4. The standard InChI is InChI=1S/C26H29N5O4/c1-18-25(19(2)31(28-18)20-8-4-3-5-9-20)27-24(32)17-30-16-23(26(33)29-12-14-34-15-13-29)35-22-11-7-6-10-21(22)30/h3-11,23H,12-17H2,1-2H3,(H,27,32)/t23-/m0/s1. The van der Waals surface area contributed by atoms with Crippen molar-refractivity contribution < 1.29 is 19.1 Å². The highest BCUT2D eigenvalue weighted by molar-refractivity contribution is 5.96. The van der Waals surface area contributed by atoms with E-state index in [1.54, 1.807) is 4.90 Å². The van der Waals surface area contributed by atoms with Crippen LogP contribution in [0.15, 0.2) is 54.6 Å². The number of nitrogens with one attached hydrogen (secondary N) is 1. The molecule has 2 aliphatic heterocycles. The topological polar surface area (TPSA) is 88.9 Å². The van der Waals surface area contributed by atoms with Crippen LogP contribution in [-0.4, -0.2) is 72.0 Å². The number of benzene rings is 2. The summed E-state index contributed by atoms with van der Waals surface area (Å²) in [6.45, 7) is 6.33. The third-order valence-electron chi connectivity index (χ3n) is 6.35. The van der Waals surface area contributed by atoms with Gasteiger partial charge in [-0.25, -0.2) is 4.68 Å². The van der Waals surface area contributed by atoms with Gasteiger partial charge in [-0.15, -0.1) is 0 Å². The van der Waals surface area contributed by atoms with Crippen molar-refractivity contribution in [3.05, 3.63) is 66.0 Å². The molecule has 0 bridgehead atoms. The Labute approximate surface area is 204 Å². The molecule has 2 amide bonds. The number of carbonyl (C=O) groups excluding carboxylic acids is 2. The molecule has 2 aliphatic rings. The van der Waals surface area contributed by atoms with Gasteiger partial charge in [0.05, 0.1) is 54.8 Å². The predicted octanol–water partition coefficient (Wildman–Crippen LogP) is 2.55. The second-order valence-corrected chi connectivity index (χ2v) is 8.73. The number of rotatable bonds is 5. The van der Waals surface area contributed by atoms with Crippen molar-refractivity contribution in [3.63, 3.8) is 0 Å². The average Bonchev–Trinajstić information content (AvgIpc) is 3.17. The zero-order valence-corrected chi connectivity index (χ0v) is 19.9. The van der Waals surface area contributed by atoms with Crippen LogP contribution in [0, 0.1) is 13.8 Å². The minimum Gasteiger partial charge on any atom is -0.477 e. The molecule has 9 heteroatoms. The van der Waals surface area contributed by atoms with Crippen molar-refractivity contribution in [3.8, 4) is 11.4 Å². The molecule has 1 fully saturated rings. The fourth-order valence-electron chi connectivity index (χ4n) is 4.57. The number of aromatic nitrogens is 2. The van der Waals surface area contributed by atoms with Gasteiger partial charge in [0.1, 0.15) is 5.75 Å². The summed E-state index contributed by atoms with van der Waals surface area (Å²) < 4.78 is 13.2. The quantitative estimate of drug-likeness (QED) is 0.610. The number of hydrogen-bond donors (Lipinski definition) is 1. The van der Waals surface area contributed by atoms with Gasteiger partial charge >= 0.3 is 0 Å². The van der Waals surface area contributed by atoms with Gasteiger partial charge in [0.15, 0.2) is 6.10 Å². The number of aryl methyl sites for hydroxylation is 1. The fourth-order valence-corrected chi connectivity index (χ4v) is 4.57. The number of carbonyl (C=O) groups is 2. The molecule has 5 rings (SSSR count). The molecule has 3 heterocycles. The maximum Gasteiger partial charge on any atom is 0.265 e. The van der Waals surface area contributed by atoms with Crippen molar-refractivity contribution in [1.82, 2.24) is 14.7 Å². The Morgan fingerprint density at radius 3 is 2.51 bits per heavy atom. The molecule has 182 valence electrons. The first kappa shape index (κ1) is 22.9. The summed E-state index contributed by atoms with van der Waals surface area (Å²) in [5.74, 6) is 0.338. The van der Waals surface area contributed by atoms with Gasteiger partial charge in [-0.2, -0.15) is 5.10 Å². The number of ether oxygens (including phenoxy) is 2. The molecule has 3 aromatic rings. The first-order chi connectivity index (χ1) is 17.0. The first-order valence-electron chi connectivity index (χ1n) is 11.8. The lowest BCUT2D eigenvalue weighted by molar-refractivity contribution is -0.142. The zero-order chi connectivity index (χ0) is 24.4. The predicted molar refractivity (Wildman–Crippen MR) is 132 cm³/mol. The smallest absolute Gasteiger partial charge is 0.265 e. The number of amides is 2. The van der Waals surface area contributed by atoms with E-state index in [0.717, 1.165) is 22.8 Å². The Kier molecular flexibility index (Phi) is 6.41. The van der Waals surface area contributed by atoms with E-state index in [2.05, 4.69) is 10.4 Å². The lowest BCUT2D eigenvalue weighted by atomic mass is 10.1. The summed E-state index contributed by atoms with van der Waals surface area (Å²) in [6, 6.07) is 17.3. The number of anilines is 2. The summed E-state index contributed by atoms with van der Waals surface area (Å²) in [4.78, 5) is 30.0. The summed E-state index contributed by atoms with van der Waals surface area (Å²) >= 11 is 0. The fraction of sp³-hybridized carbons (Fsp3) is 0.346. The van der Waals surface area contributed by atoms with Crippen LogP contribution < -0.4 is 15.0 Å². The van der Waals surface area contributed by atoms with Gasteiger partial charge in [0.2, 0.25) is 5.91 Å². The van der Waals surface area contributed by atoms with E-state index >= 15 is 0 Å². The van der Waals surface area contributed by atoms with Crippen LogP contribution in [0.3, 0.4) is 0 Å². The monoisotopic (exact) mass is 475 g/mol. The maximum atomic E-state index is 13.2. The van der Waals surface area contributed by atoms with Crippen LogP contribution in [-0.2, 0) is 14.3 Å². The zero-order valence-electron chi connectivity index (χ0n) is 19.9. The third-order valence-corrected chi connectivity index (χ3v) is 6.35. The van der Waals surface area contributed by atoms with Crippen LogP contribution >= 0.6 is 0 Å². The van der Waals surface area contributed by atoms with E-state index in [4.69, 9.17) is 9.47 Å². The second kappa shape index (κ2) is 9.79. The van der Waals surface area contributed by atoms with Crippen molar-refractivity contribution in [2.45, 2.75) is 20.0 Å². The highest BCUT2D eigenvalue weighted by Crippen LogP contribution is 2.33. The van der Waals surface area contributed by atoms with Crippen LogP contribution in [0.4, 0.5) is 11.4 Å². The number of para-hydroxylation sites is 3. The number of morpholine rings is 1. The van der Waals surface area contributed by atoms with Gasteiger partial charge in [0.25, 0.3) is 5.91 Å². The molecule has 0 radical (unpaired) electrons. The van der Waals surface area contributed by atoms with Gasteiger partial charge in [-0.05, 0) is 38.1 Å². The lowest BCUT2D eigenvalue weighted by Crippen LogP contribution is -2.53. The van der Waals surface area contributed by atoms with Crippen LogP contribution in [0.2, 0.25) is 0 Å². The highest BCUT2D eigenvalue weighted by Gasteiger charge is 2.34. The summed E-state index contributed by atoms with van der Waals surface area (Å²) in [5, 5.41) is 7.65. The molecule has 2 aromatic carbocycles. The molecule has 1 aromatic heterocycles. The third kappa shape index (κ3) is 4.72. The van der Waals surface area contributed by atoms with E-state index in [0.29, 0.717) is 44.3 Å². The minimum atomic E-state index is -0.680. The Morgan fingerprint density at radius 1 is 1.03 bits per heavy atom. The van der Waals surface area contributed by atoms with Crippen molar-refractivity contribution in [1.29, 1.82) is 0 Å². The van der Waals surface area contributed by atoms with Crippen molar-refractivity contribution in [2.24, 2.45) is 0 Å². The number of hydrogen-bond acceptors (Lipinski definition) is 6. The van der Waals surface area contributed by atoms with Gasteiger partial charge in [-0.1, -0.05) is 30.3 Å². The van der Waals surface area contributed by atoms with E-state index in [9.17, 15) is 9.59 Å². The average molecular weight is 476 g/mol. The van der Waals surface area contributed by atoms with Gasteiger partial charge in [0, 0.05) is 13.1 Å². The van der Waals surface area contributed by atoms with E-state index in [1.165, 1.54) is 0 Å². The van der Waals surface area contributed by atoms with Crippen LogP contribution in [0.1, 0.15) is 11.4 Å². The van der Waals surface area contributed by atoms with Crippen molar-refractivity contribution >= 4 is 23.2 Å². The normalized spacial score (nSPS) is 17.5. The Bertz CT molecular complexity index is 1220. The molecule has 0 aliphatic carbocycles. The molecule has 1 N–H and O–H groups in total. The Morgan fingerprint density at radius 2 is 1.74 bits per heavy atom. The highest BCUT2D eigenvalue weighted by atomic mass is 16.5.